The summed E-state index contributed by atoms with van der Waals surface area (Å²) in [5.74, 6) is 0.547. The van der Waals surface area contributed by atoms with Gasteiger partial charge >= 0.3 is 0 Å². The number of nitrogens with zero attached hydrogens (tertiary/aromatic N) is 2. The van der Waals surface area contributed by atoms with Crippen molar-refractivity contribution in [3.8, 4) is 21.7 Å². The molecular formula is C47H61IrN2O2S-. The number of hydrogen-bond donors (Lipinski definition) is 1. The number of aromatic nitrogens is 2. The minimum atomic E-state index is -0.0427. The predicted octanol–water partition coefficient (Wildman–Crippen LogP) is 13.7. The van der Waals surface area contributed by atoms with E-state index in [4.69, 9.17) is 1.37 Å². The van der Waals surface area contributed by atoms with E-state index in [1.54, 1.807) is 11.3 Å². The molecule has 6 heteroatoms. The number of allylic oxidation sites excluding steroid dienone is 2. The first-order valence-electron chi connectivity index (χ1n) is 19.6. The van der Waals surface area contributed by atoms with Crippen LogP contribution in [-0.2, 0) is 36.7 Å². The van der Waals surface area contributed by atoms with Crippen molar-refractivity contribution in [1.82, 2.24) is 9.97 Å². The van der Waals surface area contributed by atoms with Crippen LogP contribution in [0.25, 0.3) is 42.7 Å². The molecule has 1 N–H and O–H groups in total. The molecule has 0 unspecified atom stereocenters. The molecular weight excluding hydrogens is 849 g/mol. The van der Waals surface area contributed by atoms with Crippen LogP contribution in [0.5, 0.6) is 0 Å². The second-order valence-corrected chi connectivity index (χ2v) is 17.7. The Morgan fingerprint density at radius 3 is 2.04 bits per heavy atom. The zero-order chi connectivity index (χ0) is 39.4. The zero-order valence-electron chi connectivity index (χ0n) is 35.3. The Morgan fingerprint density at radius 2 is 1.49 bits per heavy atom. The molecule has 0 fully saturated rings. The van der Waals surface area contributed by atoms with Gasteiger partial charge in [0.1, 0.15) is 7.67 Å². The number of carbonyl (C=O) groups is 1. The van der Waals surface area contributed by atoms with Gasteiger partial charge in [-0.2, -0.15) is 0 Å². The minimum absolute atomic E-state index is 0. The number of fused-ring (bicyclic) bond motifs is 2. The molecule has 2 heterocycles. The third-order valence-corrected chi connectivity index (χ3v) is 11.4. The number of rotatable bonds is 10. The fraction of sp³-hybridized carbons (Fsp3) is 0.468. The van der Waals surface area contributed by atoms with Crippen LogP contribution in [0.2, 0.25) is 0 Å². The Balaban J connectivity index is 0.000000418. The largest absolute Gasteiger partial charge is 0.512 e. The van der Waals surface area contributed by atoms with Crippen molar-refractivity contribution in [3.05, 3.63) is 94.5 Å². The van der Waals surface area contributed by atoms with E-state index < -0.39 is 0 Å². The first-order valence-corrected chi connectivity index (χ1v) is 19.9. The molecule has 0 atom stereocenters. The summed E-state index contributed by atoms with van der Waals surface area (Å²) in [4.78, 5) is 22.2. The van der Waals surface area contributed by atoms with Crippen molar-refractivity contribution in [3.63, 3.8) is 0 Å². The van der Waals surface area contributed by atoms with Crippen molar-refractivity contribution in [2.45, 2.75) is 128 Å². The predicted molar refractivity (Wildman–Crippen MR) is 225 cm³/mol. The molecule has 0 aliphatic carbocycles. The number of aliphatic hydroxyl groups excluding tert-OH is 1. The molecule has 5 aromatic rings. The molecule has 0 saturated carbocycles. The Labute approximate surface area is 338 Å². The molecule has 0 saturated heterocycles. The van der Waals surface area contributed by atoms with Crippen LogP contribution >= 0.6 is 11.3 Å². The molecule has 5 rings (SSSR count). The summed E-state index contributed by atoms with van der Waals surface area (Å²) in [6.45, 7) is 28.2. The first-order chi connectivity index (χ1) is 24.8. The molecule has 0 aliphatic heterocycles. The third-order valence-electron chi connectivity index (χ3n) is 10.1. The molecule has 0 spiro atoms. The van der Waals surface area contributed by atoms with E-state index in [0.29, 0.717) is 0 Å². The van der Waals surface area contributed by atoms with Gasteiger partial charge in [0.2, 0.25) is 0 Å². The second-order valence-electron chi connectivity index (χ2n) is 16.6. The number of carbonyl (C=O) groups excluding carboxylic acids is 1. The smallest absolute Gasteiger partial charge is 0.162 e. The van der Waals surface area contributed by atoms with Crippen LogP contribution < -0.4 is 0 Å². The number of hydrogen-bond acceptors (Lipinski definition) is 5. The summed E-state index contributed by atoms with van der Waals surface area (Å²) in [5.41, 5.74) is 10.4. The van der Waals surface area contributed by atoms with E-state index in [2.05, 4.69) is 121 Å². The molecule has 0 aliphatic rings. The summed E-state index contributed by atoms with van der Waals surface area (Å²) in [6.07, 6.45) is 6.00. The first kappa shape index (κ1) is 42.6. The Kier molecular flexibility index (Phi) is 14.8. The fourth-order valence-corrected chi connectivity index (χ4v) is 8.71. The molecule has 3 aromatic carbocycles. The van der Waals surface area contributed by atoms with E-state index in [9.17, 15) is 9.90 Å². The standard InChI is InChI=1S/C34H37N2S.C13H24O2.Ir/c1-20-14-23(18-33(4,5)6)15-21(2)28(20)31-22(3)29-32(37-31)30(36-19-35-29)25-16-24-12-10-11-13-26(24)27(17-25)34(7,8)9;1-5-10(6-2)12(14)9-13(15)11(7-3)8-4;/h10-15,17,19H,18H2,1-9H3;9-11,14H,5-8H2,1-4H3;/q-1;;/b;12-9-;/i19D;;. The van der Waals surface area contributed by atoms with Crippen molar-refractivity contribution in [2.24, 2.45) is 17.3 Å². The van der Waals surface area contributed by atoms with Gasteiger partial charge in [-0.25, -0.2) is 4.98 Å². The van der Waals surface area contributed by atoms with E-state index in [0.717, 1.165) is 64.5 Å². The van der Waals surface area contributed by atoms with Gasteiger partial charge in [-0.15, -0.1) is 40.5 Å². The number of benzene rings is 3. The second kappa shape index (κ2) is 18.4. The van der Waals surface area contributed by atoms with Crippen LogP contribution in [0.4, 0.5) is 0 Å². The minimum Gasteiger partial charge on any atom is -0.512 e. The van der Waals surface area contributed by atoms with Gasteiger partial charge in [0.05, 0.1) is 11.3 Å². The van der Waals surface area contributed by atoms with Gasteiger partial charge in [0.25, 0.3) is 0 Å². The molecule has 53 heavy (non-hydrogen) atoms. The molecule has 0 amide bonds. The molecule has 0 bridgehead atoms. The van der Waals surface area contributed by atoms with Crippen LogP contribution in [-0.4, -0.2) is 20.9 Å². The monoisotopic (exact) mass is 911 g/mol. The summed E-state index contributed by atoms with van der Waals surface area (Å²) in [7, 11) is 0. The van der Waals surface area contributed by atoms with Crippen molar-refractivity contribution in [2.75, 3.05) is 0 Å². The SMILES string of the molecule is CCC(CC)C(=O)/C=C(\O)C(CC)CC.[2H]c1nc(-c2[c-]c3ccccc3c(C(C)(C)C)c2)c2sc(-c3c(C)cc(CC(C)(C)C)cc3C)c(C)c2n1.[Ir]. The summed E-state index contributed by atoms with van der Waals surface area (Å²) in [6, 6.07) is 19.0. The molecule has 1 radical (unpaired) electrons. The number of aryl methyl sites for hydroxylation is 3. The summed E-state index contributed by atoms with van der Waals surface area (Å²) < 4.78 is 9.51. The fourth-order valence-electron chi connectivity index (χ4n) is 7.28. The molecule has 4 nitrogen and oxygen atoms in total. The maximum Gasteiger partial charge on any atom is 0.162 e. The van der Waals surface area contributed by atoms with Gasteiger partial charge in [-0.1, -0.05) is 111 Å². The van der Waals surface area contributed by atoms with Gasteiger partial charge in [-0.3, -0.25) is 9.78 Å². The van der Waals surface area contributed by atoms with Crippen molar-refractivity contribution >= 4 is 38.1 Å². The number of ketones is 1. The van der Waals surface area contributed by atoms with Crippen LogP contribution in [0.3, 0.4) is 0 Å². The quantitative estimate of drug-likeness (QED) is 0.0861. The van der Waals surface area contributed by atoms with Crippen LogP contribution in [0, 0.1) is 44.1 Å². The Morgan fingerprint density at radius 1 is 0.906 bits per heavy atom. The molecule has 287 valence electrons. The maximum absolute atomic E-state index is 11.7. The summed E-state index contributed by atoms with van der Waals surface area (Å²) >= 11 is 1.74. The van der Waals surface area contributed by atoms with Crippen molar-refractivity contribution in [1.29, 1.82) is 0 Å². The Hall–Kier alpha value is -3.18. The van der Waals surface area contributed by atoms with E-state index >= 15 is 0 Å². The van der Waals surface area contributed by atoms with Crippen LogP contribution in [0.15, 0.2) is 60.6 Å². The van der Waals surface area contributed by atoms with Gasteiger partial charge < -0.3 is 5.11 Å². The van der Waals surface area contributed by atoms with E-state index in [1.807, 2.05) is 27.7 Å². The average molecular weight is 911 g/mol. The van der Waals surface area contributed by atoms with Gasteiger partial charge in [0.15, 0.2) is 5.78 Å². The normalized spacial score (nSPS) is 12.6. The Bertz CT molecular complexity index is 2090. The van der Waals surface area contributed by atoms with Crippen LogP contribution in [0.1, 0.15) is 124 Å². The maximum atomic E-state index is 11.7. The van der Waals surface area contributed by atoms with E-state index in [1.165, 1.54) is 44.2 Å². The number of thiophene rings is 1. The summed E-state index contributed by atoms with van der Waals surface area (Å²) in [5, 5.41) is 12.0. The average Bonchev–Trinajstić information content (AvgIpc) is 3.38. The van der Waals surface area contributed by atoms with E-state index in [-0.39, 0.29) is 60.6 Å². The number of aliphatic hydroxyl groups is 1. The van der Waals surface area contributed by atoms with Gasteiger partial charge in [-0.05, 0) is 91.5 Å². The molecule has 2 aromatic heterocycles. The van der Waals surface area contributed by atoms with Crippen molar-refractivity contribution < 1.29 is 31.4 Å². The topological polar surface area (TPSA) is 63.1 Å². The zero-order valence-corrected chi connectivity index (χ0v) is 37.5. The third kappa shape index (κ3) is 10.5. The van der Waals surface area contributed by atoms with Gasteiger partial charge in [0, 0.05) is 53.3 Å².